The fourth-order valence-electron chi connectivity index (χ4n) is 7.22. The molecule has 266 valence electrons. The number of anilines is 1. The minimum Gasteiger partial charge on any atom is -0.491 e. The SMILES string of the molecule is CO[C@H]1/C=C/C[C@H](C)C(NC(=O)N2CC(C(F)F)C2)/[SH](=O)=N\C(=O)c2ccc3c(c2)N(Cc2ccc(Cl)cc2CCCCO3)C[C@@H]2CC[C@H]21. The van der Waals surface area contributed by atoms with Gasteiger partial charge >= 0.3 is 6.03 Å². The number of hydrogen-bond acceptors (Lipinski definition) is 6. The van der Waals surface area contributed by atoms with Crippen molar-refractivity contribution in [3.8, 4) is 5.75 Å². The second kappa shape index (κ2) is 15.8. The molecule has 4 aliphatic rings. The summed E-state index contributed by atoms with van der Waals surface area (Å²) in [4.78, 5) is 30.2. The molecular formula is C36H45ClF2N4O5S. The van der Waals surface area contributed by atoms with Gasteiger partial charge in [0.2, 0.25) is 6.43 Å². The average molecular weight is 719 g/mol. The van der Waals surface area contributed by atoms with Crippen molar-refractivity contribution >= 4 is 39.8 Å². The Hall–Kier alpha value is -3.22. The quantitative estimate of drug-likeness (QED) is 0.270. The minimum absolute atomic E-state index is 0.0827. The number of alkyl halides is 2. The van der Waals surface area contributed by atoms with Crippen molar-refractivity contribution in [1.82, 2.24) is 10.2 Å². The first-order valence-corrected chi connectivity index (χ1v) is 18.8. The number of methoxy groups -OCH3 is 1. The lowest BCUT2D eigenvalue weighted by atomic mass is 9.70. The summed E-state index contributed by atoms with van der Waals surface area (Å²) in [5.41, 5.74) is 3.36. The van der Waals surface area contributed by atoms with Crippen LogP contribution in [0.5, 0.6) is 5.75 Å². The van der Waals surface area contributed by atoms with Crippen molar-refractivity contribution in [3.05, 3.63) is 70.3 Å². The Kier molecular flexibility index (Phi) is 11.5. The standard InChI is InChI=1S/C36H45ClF2N4O5S/c1-22-6-5-8-31(47-2)29-13-10-26(29)19-42-18-25-9-12-28(37)16-23(25)7-3-4-15-48-32-14-11-24(17-30(32)42)34(44)41-49(46)35(22)40-36(45)43-20-27(21-43)33(38)39/h5,8-9,11-12,14,16-17,22,26-27,29,31,33,35,49H,3-4,6-7,10,13,15,18-21H2,1-2H3,(H,40,45)/b8-5+/t22-,26-,29+,31-,35?/m0/s1. The molecule has 13 heteroatoms. The van der Waals surface area contributed by atoms with Crippen LogP contribution in [0.2, 0.25) is 5.02 Å². The van der Waals surface area contributed by atoms with Gasteiger partial charge in [-0.3, -0.25) is 9.00 Å². The first-order chi connectivity index (χ1) is 23.6. The van der Waals surface area contributed by atoms with Crippen LogP contribution in [0.3, 0.4) is 0 Å². The largest absolute Gasteiger partial charge is 0.491 e. The Bertz CT molecular complexity index is 1650. The number of nitrogens with zero attached hydrogens (tertiary/aromatic N) is 3. The van der Waals surface area contributed by atoms with Crippen LogP contribution in [0.15, 0.2) is 52.9 Å². The molecule has 2 aromatic rings. The van der Waals surface area contributed by atoms with Crippen LogP contribution in [-0.2, 0) is 28.3 Å². The van der Waals surface area contributed by atoms with E-state index in [0.29, 0.717) is 42.8 Å². The summed E-state index contributed by atoms with van der Waals surface area (Å²) in [7, 11) is -0.916. The number of likely N-dealkylation sites (tertiary alicyclic amines) is 1. The van der Waals surface area contributed by atoms with E-state index in [1.165, 1.54) is 10.5 Å². The molecule has 1 N–H and O–H groups in total. The van der Waals surface area contributed by atoms with Crippen molar-refractivity contribution in [2.75, 3.05) is 38.3 Å². The molecule has 2 aromatic carbocycles. The maximum Gasteiger partial charge on any atom is 0.318 e. The zero-order valence-electron chi connectivity index (χ0n) is 27.9. The van der Waals surface area contributed by atoms with E-state index < -0.39 is 40.3 Å². The van der Waals surface area contributed by atoms with Crippen LogP contribution in [0.4, 0.5) is 19.3 Å². The number of thiol groups is 1. The highest BCUT2D eigenvalue weighted by Crippen LogP contribution is 2.42. The third kappa shape index (κ3) is 8.23. The number of aryl methyl sites for hydroxylation is 1. The summed E-state index contributed by atoms with van der Waals surface area (Å²) in [6.07, 6.45) is 6.50. The molecule has 6 rings (SSSR count). The maximum atomic E-state index is 13.8. The number of halogens is 3. The van der Waals surface area contributed by atoms with Crippen molar-refractivity contribution in [2.45, 2.75) is 69.9 Å². The predicted molar refractivity (Wildman–Crippen MR) is 187 cm³/mol. The fraction of sp³-hybridized carbons (Fsp3) is 0.556. The van der Waals surface area contributed by atoms with Gasteiger partial charge in [0, 0.05) is 43.9 Å². The van der Waals surface area contributed by atoms with E-state index >= 15 is 0 Å². The summed E-state index contributed by atoms with van der Waals surface area (Å²) in [5, 5.41) is 2.46. The molecule has 0 radical (unpaired) electrons. The van der Waals surface area contributed by atoms with Gasteiger partial charge in [0.25, 0.3) is 5.91 Å². The lowest BCUT2D eigenvalue weighted by molar-refractivity contribution is -0.00497. The molecule has 1 saturated heterocycles. The summed E-state index contributed by atoms with van der Waals surface area (Å²) in [6, 6.07) is 10.6. The smallest absolute Gasteiger partial charge is 0.318 e. The van der Waals surface area contributed by atoms with Crippen molar-refractivity contribution in [2.24, 2.45) is 28.0 Å². The molecule has 0 aromatic heterocycles. The molecule has 3 amide bonds. The maximum absolute atomic E-state index is 13.8. The van der Waals surface area contributed by atoms with E-state index in [1.54, 1.807) is 25.3 Å². The summed E-state index contributed by atoms with van der Waals surface area (Å²) < 4.78 is 56.4. The van der Waals surface area contributed by atoms with Gasteiger partial charge in [-0.25, -0.2) is 13.6 Å². The van der Waals surface area contributed by atoms with E-state index in [0.717, 1.165) is 43.4 Å². The second-order valence-corrected chi connectivity index (χ2v) is 15.5. The molecule has 3 heterocycles. The molecule has 3 aliphatic heterocycles. The van der Waals surface area contributed by atoms with Gasteiger partial charge in [-0.15, -0.1) is 0 Å². The third-order valence-corrected chi connectivity index (χ3v) is 12.2. The van der Waals surface area contributed by atoms with E-state index in [1.807, 2.05) is 31.2 Å². The number of rotatable bonds is 3. The van der Waals surface area contributed by atoms with Gasteiger partial charge in [-0.05, 0) is 97.7 Å². The van der Waals surface area contributed by atoms with Crippen LogP contribution >= 0.6 is 11.6 Å². The first kappa shape index (κ1) is 35.6. The number of carbonyl (C=O) groups is 2. The Balaban J connectivity index is 1.38. The number of allylic oxidation sites excluding steroid dienone is 1. The van der Waals surface area contributed by atoms with E-state index in [4.69, 9.17) is 21.1 Å². The number of amides is 3. The minimum atomic E-state index is -2.62. The molecule has 6 atom stereocenters. The fourth-order valence-corrected chi connectivity index (χ4v) is 8.62. The molecular weight excluding hydrogens is 674 g/mol. The van der Waals surface area contributed by atoms with Crippen LogP contribution in [0.25, 0.3) is 0 Å². The van der Waals surface area contributed by atoms with Crippen LogP contribution in [0, 0.1) is 23.7 Å². The van der Waals surface area contributed by atoms with Gasteiger partial charge in [-0.1, -0.05) is 36.7 Å². The van der Waals surface area contributed by atoms with E-state index in [9.17, 15) is 22.6 Å². The Morgan fingerprint density at radius 1 is 1.12 bits per heavy atom. The van der Waals surface area contributed by atoms with Gasteiger partial charge in [-0.2, -0.15) is 4.36 Å². The molecule has 0 spiro atoms. The lowest BCUT2D eigenvalue weighted by Gasteiger charge is -2.43. The number of nitrogens with one attached hydrogen (secondary N) is 1. The topological polar surface area (TPSA) is 101 Å². The number of hydrogen-bond donors (Lipinski definition) is 2. The van der Waals surface area contributed by atoms with E-state index in [2.05, 4.69) is 20.6 Å². The highest BCUT2D eigenvalue weighted by atomic mass is 35.5. The Morgan fingerprint density at radius 3 is 2.67 bits per heavy atom. The molecule has 1 saturated carbocycles. The molecule has 9 nitrogen and oxygen atoms in total. The Morgan fingerprint density at radius 2 is 1.94 bits per heavy atom. The van der Waals surface area contributed by atoms with Gasteiger partial charge in [0.15, 0.2) is 0 Å². The lowest BCUT2D eigenvalue weighted by Crippen LogP contribution is -2.58. The van der Waals surface area contributed by atoms with Crippen molar-refractivity contribution in [3.63, 3.8) is 0 Å². The molecule has 2 unspecified atom stereocenters. The molecule has 2 fully saturated rings. The number of ether oxygens (including phenoxy) is 2. The summed E-state index contributed by atoms with van der Waals surface area (Å²) in [6.45, 7) is 3.47. The summed E-state index contributed by atoms with van der Waals surface area (Å²) >= 11 is 6.43. The number of benzene rings is 2. The molecule has 49 heavy (non-hydrogen) atoms. The normalized spacial score (nSPS) is 29.1. The van der Waals surface area contributed by atoms with Crippen LogP contribution in [-0.4, -0.2) is 72.3 Å². The number of carbonyl (C=O) groups excluding carboxylic acids is 2. The number of fused-ring (bicyclic) bond motifs is 3. The summed E-state index contributed by atoms with van der Waals surface area (Å²) in [5.74, 6) is -0.684. The highest BCUT2D eigenvalue weighted by molar-refractivity contribution is 7.76. The average Bonchev–Trinajstić information content (AvgIpc) is 3.06. The monoisotopic (exact) mass is 718 g/mol. The van der Waals surface area contributed by atoms with Crippen LogP contribution < -0.4 is 15.0 Å². The second-order valence-electron chi connectivity index (χ2n) is 13.7. The molecule has 2 bridgehead atoms. The first-order valence-electron chi connectivity index (χ1n) is 17.2. The van der Waals surface area contributed by atoms with Gasteiger partial charge in [0.1, 0.15) is 11.1 Å². The highest BCUT2D eigenvalue weighted by Gasteiger charge is 2.39. The Labute approximate surface area is 293 Å². The zero-order chi connectivity index (χ0) is 34.7. The number of urea groups is 1. The van der Waals surface area contributed by atoms with Crippen molar-refractivity contribution in [1.29, 1.82) is 0 Å². The van der Waals surface area contributed by atoms with Crippen LogP contribution in [0.1, 0.15) is 60.5 Å². The third-order valence-electron chi connectivity index (χ3n) is 10.4. The zero-order valence-corrected chi connectivity index (χ0v) is 29.6. The predicted octanol–water partition coefficient (Wildman–Crippen LogP) is 6.74. The van der Waals surface area contributed by atoms with E-state index in [-0.39, 0.29) is 36.6 Å². The molecule has 1 aliphatic carbocycles. The van der Waals surface area contributed by atoms with Crippen molar-refractivity contribution < 1.29 is 32.1 Å². The van der Waals surface area contributed by atoms with Gasteiger partial charge in [0.05, 0.1) is 34.9 Å². The van der Waals surface area contributed by atoms with Gasteiger partial charge < -0.3 is 24.6 Å².